The third-order valence-corrected chi connectivity index (χ3v) is 8.17. The molecule has 0 spiro atoms. The Morgan fingerprint density at radius 3 is 2.64 bits per heavy atom. The van der Waals surface area contributed by atoms with Gasteiger partial charge >= 0.3 is 0 Å². The number of carbonyl (C=O) groups is 2. The molecule has 4 aromatic rings. The third kappa shape index (κ3) is 6.37. The van der Waals surface area contributed by atoms with Crippen LogP contribution in [-0.2, 0) is 9.59 Å². The number of nitrogens with one attached hydrogen (secondary N) is 3. The predicted octanol–water partition coefficient (Wildman–Crippen LogP) is 5.02. The molecule has 0 atom stereocenters. The summed E-state index contributed by atoms with van der Waals surface area (Å²) in [4.78, 5) is 29.4. The molecule has 3 heterocycles. The van der Waals surface area contributed by atoms with Crippen LogP contribution in [0.4, 0.5) is 0 Å². The molecule has 218 valence electrons. The largest absolute Gasteiger partial charge is 0.493 e. The fraction of sp³-hybridized carbons (Fsp3) is 0.344. The molecule has 9 nitrogen and oxygen atoms in total. The van der Waals surface area contributed by atoms with E-state index < -0.39 is 0 Å². The number of halogens is 1. The van der Waals surface area contributed by atoms with Crippen molar-refractivity contribution in [3.05, 3.63) is 71.2 Å². The number of hydrogen-bond donors (Lipinski definition) is 3. The third-order valence-electron chi connectivity index (χ3n) is 7.87. The van der Waals surface area contributed by atoms with Gasteiger partial charge in [-0.2, -0.15) is 5.10 Å². The molecule has 10 heteroatoms. The second-order valence-electron chi connectivity index (χ2n) is 10.7. The summed E-state index contributed by atoms with van der Waals surface area (Å²) in [6, 6.07) is 20.1. The van der Waals surface area contributed by atoms with Crippen LogP contribution in [0.1, 0.15) is 37.7 Å². The second kappa shape index (κ2) is 12.8. The second-order valence-corrected chi connectivity index (χ2v) is 11.1. The van der Waals surface area contributed by atoms with Crippen molar-refractivity contribution < 1.29 is 19.1 Å². The van der Waals surface area contributed by atoms with E-state index in [1.165, 1.54) is 5.39 Å². The quantitative estimate of drug-likeness (QED) is 0.226. The number of nitrogens with zero attached hydrogens (tertiary/aromatic N) is 2. The minimum atomic E-state index is -0.0934. The van der Waals surface area contributed by atoms with E-state index in [9.17, 15) is 9.59 Å². The van der Waals surface area contributed by atoms with Crippen molar-refractivity contribution in [1.82, 2.24) is 20.6 Å². The minimum absolute atomic E-state index is 0.0483. The number of carbonyl (C=O) groups excluding carboxylic acids is 2. The topological polar surface area (TPSA) is 108 Å². The number of fused-ring (bicyclic) bond motifs is 3. The number of hydrazone groups is 1. The molecule has 0 radical (unpaired) electrons. The lowest BCUT2D eigenvalue weighted by Crippen LogP contribution is -2.46. The van der Waals surface area contributed by atoms with E-state index >= 15 is 0 Å². The average molecular weight is 588 g/mol. The first-order valence-corrected chi connectivity index (χ1v) is 14.8. The molecule has 0 unspecified atom stereocenters. The molecule has 0 aliphatic carbocycles. The van der Waals surface area contributed by atoms with Crippen molar-refractivity contribution in [2.45, 2.75) is 38.1 Å². The molecule has 3 N–H and O–H groups in total. The summed E-state index contributed by atoms with van der Waals surface area (Å²) in [7, 11) is 0. The van der Waals surface area contributed by atoms with E-state index in [0.717, 1.165) is 59.3 Å². The number of ether oxygens (including phenoxy) is 2. The number of aromatic amines is 1. The first-order chi connectivity index (χ1) is 20.5. The summed E-state index contributed by atoms with van der Waals surface area (Å²) >= 11 is 6.40. The van der Waals surface area contributed by atoms with Crippen molar-refractivity contribution in [3.8, 4) is 11.5 Å². The van der Waals surface area contributed by atoms with Gasteiger partial charge in [0.2, 0.25) is 5.91 Å². The first-order valence-electron chi connectivity index (χ1n) is 14.5. The minimum Gasteiger partial charge on any atom is -0.493 e. The van der Waals surface area contributed by atoms with E-state index in [2.05, 4.69) is 45.1 Å². The van der Waals surface area contributed by atoms with E-state index in [-0.39, 0.29) is 18.4 Å². The van der Waals surface area contributed by atoms with E-state index in [0.29, 0.717) is 49.4 Å². The highest BCUT2D eigenvalue weighted by Gasteiger charge is 2.23. The molecule has 2 amide bonds. The number of rotatable bonds is 10. The number of amides is 2. The van der Waals surface area contributed by atoms with Crippen molar-refractivity contribution >= 4 is 50.9 Å². The van der Waals surface area contributed by atoms with Crippen molar-refractivity contribution in [1.29, 1.82) is 0 Å². The van der Waals surface area contributed by atoms with Crippen LogP contribution in [0.25, 0.3) is 21.8 Å². The van der Waals surface area contributed by atoms with Gasteiger partial charge in [-0.25, -0.2) is 5.43 Å². The van der Waals surface area contributed by atoms with Gasteiger partial charge in [0.05, 0.1) is 22.9 Å². The van der Waals surface area contributed by atoms with E-state index in [1.54, 1.807) is 12.1 Å². The lowest BCUT2D eigenvalue weighted by molar-refractivity contribution is -0.134. The van der Waals surface area contributed by atoms with Crippen molar-refractivity contribution in [2.24, 2.45) is 5.10 Å². The smallest absolute Gasteiger partial charge is 0.260 e. The highest BCUT2D eigenvalue weighted by molar-refractivity contribution is 6.32. The van der Waals surface area contributed by atoms with Crippen molar-refractivity contribution in [2.75, 3.05) is 32.8 Å². The van der Waals surface area contributed by atoms with Gasteiger partial charge < -0.3 is 24.7 Å². The van der Waals surface area contributed by atoms with Crippen LogP contribution in [0.2, 0.25) is 5.02 Å². The average Bonchev–Trinajstić information content (AvgIpc) is 3.40. The van der Waals surface area contributed by atoms with Crippen LogP contribution in [-0.4, -0.2) is 66.3 Å². The fourth-order valence-corrected chi connectivity index (χ4v) is 5.83. The van der Waals surface area contributed by atoms with Gasteiger partial charge in [0.25, 0.3) is 5.91 Å². The Hall–Kier alpha value is -4.08. The zero-order chi connectivity index (χ0) is 28.9. The Balaban J connectivity index is 0.905. The van der Waals surface area contributed by atoms with Crippen LogP contribution in [0, 0.1) is 0 Å². The van der Waals surface area contributed by atoms with Gasteiger partial charge in [-0.3, -0.25) is 9.59 Å². The molecular weight excluding hydrogens is 554 g/mol. The fourth-order valence-electron chi connectivity index (χ4n) is 5.59. The Bertz CT molecular complexity index is 1630. The maximum absolute atomic E-state index is 12.8. The van der Waals surface area contributed by atoms with E-state index in [1.807, 2.05) is 29.2 Å². The summed E-state index contributed by atoms with van der Waals surface area (Å²) < 4.78 is 11.9. The monoisotopic (exact) mass is 587 g/mol. The molecular formula is C32H34ClN5O4. The summed E-state index contributed by atoms with van der Waals surface area (Å²) in [6.45, 7) is 2.82. The predicted molar refractivity (Wildman–Crippen MR) is 164 cm³/mol. The van der Waals surface area contributed by atoms with Crippen LogP contribution < -0.4 is 20.2 Å². The van der Waals surface area contributed by atoms with Gasteiger partial charge in [-0.1, -0.05) is 35.9 Å². The lowest BCUT2D eigenvalue weighted by Gasteiger charge is -2.32. The molecule has 1 aromatic heterocycles. The number of benzene rings is 3. The van der Waals surface area contributed by atoms with Gasteiger partial charge in [0, 0.05) is 48.3 Å². The molecule has 2 aliphatic rings. The van der Waals surface area contributed by atoms with Crippen LogP contribution in [0.15, 0.2) is 65.8 Å². The summed E-state index contributed by atoms with van der Waals surface area (Å²) in [5.74, 6) is 1.22. The zero-order valence-corrected chi connectivity index (χ0v) is 24.1. The summed E-state index contributed by atoms with van der Waals surface area (Å²) in [6.07, 6.45) is 3.65. The Morgan fingerprint density at radius 2 is 1.83 bits per heavy atom. The number of piperidine rings is 1. The Kier molecular flexibility index (Phi) is 8.58. The van der Waals surface area contributed by atoms with E-state index in [4.69, 9.17) is 21.1 Å². The van der Waals surface area contributed by atoms with Crippen LogP contribution >= 0.6 is 11.6 Å². The normalized spacial score (nSPS) is 16.0. The number of para-hydroxylation sites is 1. The summed E-state index contributed by atoms with van der Waals surface area (Å²) in [5, 5.41) is 10.4. The number of likely N-dealkylation sites (tertiary alicyclic amines) is 1. The number of H-pyrrole nitrogens is 1. The molecule has 2 aliphatic heterocycles. The highest BCUT2D eigenvalue weighted by atomic mass is 35.5. The molecule has 1 saturated heterocycles. The molecule has 0 saturated carbocycles. The van der Waals surface area contributed by atoms with Gasteiger partial charge in [0.15, 0.2) is 6.61 Å². The molecule has 6 rings (SSSR count). The molecule has 3 aromatic carbocycles. The van der Waals surface area contributed by atoms with Crippen LogP contribution in [0.5, 0.6) is 11.5 Å². The van der Waals surface area contributed by atoms with Gasteiger partial charge in [-0.05, 0) is 67.8 Å². The van der Waals surface area contributed by atoms with Gasteiger partial charge in [-0.15, -0.1) is 0 Å². The first kappa shape index (κ1) is 28.1. The lowest BCUT2D eigenvalue weighted by atomic mass is 10.0. The Morgan fingerprint density at radius 1 is 1.00 bits per heavy atom. The maximum Gasteiger partial charge on any atom is 0.260 e. The van der Waals surface area contributed by atoms with Gasteiger partial charge in [0.1, 0.15) is 11.5 Å². The Labute approximate surface area is 249 Å². The number of hydrogen-bond acceptors (Lipinski definition) is 6. The SMILES string of the molecule is O=C1CCC(c2ccc(OCC(=O)N3CCC(NCCCOc4cccc5[nH]c6ccccc6c45)CC3)c(Cl)c2)=NN1. The van der Waals surface area contributed by atoms with Crippen molar-refractivity contribution in [3.63, 3.8) is 0 Å². The highest BCUT2D eigenvalue weighted by Crippen LogP contribution is 2.33. The molecule has 1 fully saturated rings. The molecule has 42 heavy (non-hydrogen) atoms. The summed E-state index contributed by atoms with van der Waals surface area (Å²) in [5.41, 5.74) is 6.28. The zero-order valence-electron chi connectivity index (χ0n) is 23.3. The van der Waals surface area contributed by atoms with Crippen LogP contribution in [0.3, 0.4) is 0 Å². The number of aromatic nitrogens is 1. The standard InChI is InChI=1S/C32H34ClN5O4/c33-24-19-21(25-10-12-30(39)37-36-25)9-11-28(24)42-20-31(40)38-16-13-22(14-17-38)34-15-4-18-41-29-8-3-7-27-32(29)23-5-1-2-6-26(23)35-27/h1-3,5-9,11,19,22,34-35H,4,10,12-18,20H2,(H,37,39). The molecule has 0 bridgehead atoms. The maximum atomic E-state index is 12.8.